The molecule has 27 heavy (non-hydrogen) atoms. The normalized spacial score (nSPS) is 11.0. The highest BCUT2D eigenvalue weighted by atomic mass is 32.2. The second kappa shape index (κ2) is 8.60. The van der Waals surface area contributed by atoms with Gasteiger partial charge in [-0.2, -0.15) is 0 Å². The Balaban J connectivity index is 1.55. The standard InChI is InChI=1S/C17H17N5O3S2/c23-16(18-9-10-21-17-19-7-3-8-20-17)13-4-1-5-14(12-13)22-27(24,25)15-6-2-11-26-15/h1-8,11-12,22H,9-10H2,(H,18,23)(H,19,20,21). The van der Waals surface area contributed by atoms with Crippen molar-refractivity contribution in [3.63, 3.8) is 0 Å². The molecule has 0 saturated carbocycles. The Morgan fingerprint density at radius 2 is 1.85 bits per heavy atom. The van der Waals surface area contributed by atoms with Gasteiger partial charge in [0, 0.05) is 36.7 Å². The van der Waals surface area contributed by atoms with Gasteiger partial charge in [-0.25, -0.2) is 18.4 Å². The van der Waals surface area contributed by atoms with Crippen LogP contribution >= 0.6 is 11.3 Å². The Morgan fingerprint density at radius 1 is 1.04 bits per heavy atom. The van der Waals surface area contributed by atoms with Crippen LogP contribution < -0.4 is 15.4 Å². The molecule has 0 saturated heterocycles. The maximum Gasteiger partial charge on any atom is 0.271 e. The second-order valence-electron chi connectivity index (χ2n) is 5.37. The topological polar surface area (TPSA) is 113 Å². The molecule has 0 aliphatic rings. The van der Waals surface area contributed by atoms with Crippen molar-refractivity contribution in [2.75, 3.05) is 23.1 Å². The zero-order valence-electron chi connectivity index (χ0n) is 14.1. The summed E-state index contributed by atoms with van der Waals surface area (Å²) in [7, 11) is -3.65. The zero-order chi connectivity index (χ0) is 19.1. The molecular formula is C17H17N5O3S2. The molecule has 0 spiro atoms. The van der Waals surface area contributed by atoms with E-state index in [1.807, 2.05) is 0 Å². The van der Waals surface area contributed by atoms with E-state index in [1.165, 1.54) is 12.1 Å². The predicted octanol–water partition coefficient (Wildman–Crippen LogP) is 2.18. The first kappa shape index (κ1) is 18.8. The van der Waals surface area contributed by atoms with Crippen molar-refractivity contribution in [1.82, 2.24) is 15.3 Å². The van der Waals surface area contributed by atoms with Gasteiger partial charge in [0.25, 0.3) is 15.9 Å². The first-order valence-electron chi connectivity index (χ1n) is 8.00. The van der Waals surface area contributed by atoms with E-state index in [0.717, 1.165) is 11.3 Å². The third-order valence-electron chi connectivity index (χ3n) is 3.40. The fourth-order valence-electron chi connectivity index (χ4n) is 2.19. The molecule has 0 radical (unpaired) electrons. The summed E-state index contributed by atoms with van der Waals surface area (Å²) < 4.78 is 27.2. The van der Waals surface area contributed by atoms with Crippen molar-refractivity contribution >= 4 is 38.9 Å². The molecule has 140 valence electrons. The number of nitrogens with zero attached hydrogens (tertiary/aromatic N) is 2. The number of carbonyl (C=O) groups is 1. The van der Waals surface area contributed by atoms with Gasteiger partial charge < -0.3 is 10.6 Å². The molecule has 0 atom stereocenters. The molecule has 0 unspecified atom stereocenters. The molecule has 0 bridgehead atoms. The molecule has 10 heteroatoms. The molecule has 3 N–H and O–H groups in total. The van der Waals surface area contributed by atoms with E-state index in [2.05, 4.69) is 25.3 Å². The van der Waals surface area contributed by atoms with Crippen LogP contribution in [0.3, 0.4) is 0 Å². The number of carbonyl (C=O) groups excluding carboxylic acids is 1. The molecular weight excluding hydrogens is 386 g/mol. The summed E-state index contributed by atoms with van der Waals surface area (Å²) in [5.41, 5.74) is 0.684. The number of sulfonamides is 1. The van der Waals surface area contributed by atoms with Gasteiger partial charge in [-0.3, -0.25) is 9.52 Å². The van der Waals surface area contributed by atoms with Crippen molar-refractivity contribution in [3.05, 3.63) is 65.8 Å². The smallest absolute Gasteiger partial charge is 0.271 e. The molecule has 0 fully saturated rings. The third-order valence-corrected chi connectivity index (χ3v) is 6.18. The van der Waals surface area contributed by atoms with E-state index in [4.69, 9.17) is 0 Å². The lowest BCUT2D eigenvalue weighted by Gasteiger charge is -2.09. The highest BCUT2D eigenvalue weighted by Gasteiger charge is 2.16. The van der Waals surface area contributed by atoms with E-state index >= 15 is 0 Å². The maximum atomic E-state index is 12.3. The Bertz CT molecular complexity index is 992. The highest BCUT2D eigenvalue weighted by Crippen LogP contribution is 2.20. The number of amides is 1. The van der Waals surface area contributed by atoms with Gasteiger partial charge in [-0.1, -0.05) is 12.1 Å². The van der Waals surface area contributed by atoms with Crippen LogP contribution in [0.4, 0.5) is 11.6 Å². The van der Waals surface area contributed by atoms with Crippen LogP contribution in [0.2, 0.25) is 0 Å². The van der Waals surface area contributed by atoms with Gasteiger partial charge >= 0.3 is 0 Å². The van der Waals surface area contributed by atoms with Crippen LogP contribution in [0.25, 0.3) is 0 Å². The summed E-state index contributed by atoms with van der Waals surface area (Å²) in [6.45, 7) is 0.822. The monoisotopic (exact) mass is 403 g/mol. The van der Waals surface area contributed by atoms with Gasteiger partial charge in [0.15, 0.2) is 0 Å². The molecule has 0 aliphatic heterocycles. The van der Waals surface area contributed by atoms with Gasteiger partial charge in [-0.15, -0.1) is 11.3 Å². The van der Waals surface area contributed by atoms with Crippen molar-refractivity contribution in [1.29, 1.82) is 0 Å². The number of anilines is 2. The number of hydrogen-bond acceptors (Lipinski definition) is 7. The second-order valence-corrected chi connectivity index (χ2v) is 8.23. The molecule has 2 heterocycles. The molecule has 3 aromatic rings. The molecule has 2 aromatic heterocycles. The number of benzene rings is 1. The minimum atomic E-state index is -3.65. The van der Waals surface area contributed by atoms with Crippen molar-refractivity contribution in [3.8, 4) is 0 Å². The van der Waals surface area contributed by atoms with Crippen molar-refractivity contribution in [2.24, 2.45) is 0 Å². The van der Waals surface area contributed by atoms with Gasteiger partial charge in [0.2, 0.25) is 5.95 Å². The highest BCUT2D eigenvalue weighted by molar-refractivity contribution is 7.94. The van der Waals surface area contributed by atoms with Crippen LogP contribution in [0, 0.1) is 0 Å². The van der Waals surface area contributed by atoms with E-state index < -0.39 is 10.0 Å². The van der Waals surface area contributed by atoms with Gasteiger partial charge in [0.05, 0.1) is 0 Å². The fourth-order valence-corrected chi connectivity index (χ4v) is 4.23. The number of thiophene rings is 1. The van der Waals surface area contributed by atoms with Crippen LogP contribution in [-0.2, 0) is 10.0 Å². The van der Waals surface area contributed by atoms with E-state index in [9.17, 15) is 13.2 Å². The van der Waals surface area contributed by atoms with E-state index in [-0.39, 0.29) is 10.1 Å². The summed E-state index contributed by atoms with van der Waals surface area (Å²) >= 11 is 1.12. The summed E-state index contributed by atoms with van der Waals surface area (Å²) in [4.78, 5) is 20.3. The van der Waals surface area contributed by atoms with Crippen LogP contribution in [0.15, 0.2) is 64.4 Å². The van der Waals surface area contributed by atoms with Crippen LogP contribution in [-0.4, -0.2) is 37.4 Å². The predicted molar refractivity (Wildman–Crippen MR) is 104 cm³/mol. The summed E-state index contributed by atoms with van der Waals surface area (Å²) in [6.07, 6.45) is 3.24. The third kappa shape index (κ3) is 5.25. The largest absolute Gasteiger partial charge is 0.352 e. The molecule has 1 amide bonds. The van der Waals surface area contributed by atoms with Crippen molar-refractivity contribution in [2.45, 2.75) is 4.21 Å². The lowest BCUT2D eigenvalue weighted by Crippen LogP contribution is -2.29. The van der Waals surface area contributed by atoms with E-state index in [0.29, 0.717) is 30.3 Å². The first-order chi connectivity index (χ1) is 13.0. The van der Waals surface area contributed by atoms with Crippen LogP contribution in [0.5, 0.6) is 0 Å². The Hall–Kier alpha value is -2.98. The SMILES string of the molecule is O=C(NCCNc1ncccn1)c1cccc(NS(=O)(=O)c2cccs2)c1. The Kier molecular flexibility index (Phi) is 5.99. The lowest BCUT2D eigenvalue weighted by atomic mass is 10.2. The maximum absolute atomic E-state index is 12.3. The number of nitrogens with one attached hydrogen (secondary N) is 3. The van der Waals surface area contributed by atoms with Crippen LogP contribution in [0.1, 0.15) is 10.4 Å². The zero-order valence-corrected chi connectivity index (χ0v) is 15.8. The number of hydrogen-bond donors (Lipinski definition) is 3. The quantitative estimate of drug-likeness (QED) is 0.497. The minimum absolute atomic E-state index is 0.214. The summed E-state index contributed by atoms with van der Waals surface area (Å²) in [5.74, 6) is 0.180. The average Bonchev–Trinajstić information content (AvgIpc) is 3.22. The fraction of sp³-hybridized carbons (Fsp3) is 0.118. The first-order valence-corrected chi connectivity index (χ1v) is 10.4. The van der Waals surface area contributed by atoms with Crippen molar-refractivity contribution < 1.29 is 13.2 Å². The minimum Gasteiger partial charge on any atom is -0.352 e. The molecule has 8 nitrogen and oxygen atoms in total. The molecule has 1 aromatic carbocycles. The number of rotatable bonds is 8. The summed E-state index contributed by atoms with van der Waals surface area (Å²) in [6, 6.07) is 11.2. The Labute approximate surface area is 160 Å². The van der Waals surface area contributed by atoms with E-state index in [1.54, 1.807) is 48.1 Å². The Morgan fingerprint density at radius 3 is 2.59 bits per heavy atom. The average molecular weight is 403 g/mol. The van der Waals surface area contributed by atoms with Gasteiger partial charge in [-0.05, 0) is 35.7 Å². The lowest BCUT2D eigenvalue weighted by molar-refractivity contribution is 0.0955. The molecule has 0 aliphatic carbocycles. The van der Waals surface area contributed by atoms with Gasteiger partial charge in [0.1, 0.15) is 4.21 Å². The molecule has 3 rings (SSSR count). The summed E-state index contributed by atoms with van der Waals surface area (Å²) in [5, 5.41) is 7.42. The number of aromatic nitrogens is 2.